The van der Waals surface area contributed by atoms with Gasteiger partial charge in [-0.25, -0.2) is 4.98 Å². The molecule has 0 unspecified atom stereocenters. The summed E-state index contributed by atoms with van der Waals surface area (Å²) in [5, 5.41) is 3.35. The number of hydrogen-bond acceptors (Lipinski definition) is 5. The van der Waals surface area contributed by atoms with Crippen LogP contribution in [0.15, 0.2) is 54.6 Å². The molecule has 3 rings (SSSR count). The number of aromatic nitrogens is 1. The molecule has 0 radical (unpaired) electrons. The van der Waals surface area contributed by atoms with E-state index in [-0.39, 0.29) is 18.6 Å². The predicted octanol–water partition coefficient (Wildman–Crippen LogP) is 3.59. The SMILES string of the molecule is COc1ccc(-c2cc(C(=O)NCC(=O)OC(C)C)c3ccccc3n2)cc1. The highest BCUT2D eigenvalue weighted by atomic mass is 16.5. The maximum atomic E-state index is 12.8. The molecule has 0 aliphatic rings. The Kier molecular flexibility index (Phi) is 5.89. The first-order valence-corrected chi connectivity index (χ1v) is 9.00. The van der Waals surface area contributed by atoms with Gasteiger partial charge in [-0.2, -0.15) is 0 Å². The molecule has 0 saturated carbocycles. The normalized spacial score (nSPS) is 10.7. The van der Waals surface area contributed by atoms with E-state index in [4.69, 9.17) is 9.47 Å². The summed E-state index contributed by atoms with van der Waals surface area (Å²) in [6, 6.07) is 16.6. The van der Waals surface area contributed by atoms with E-state index < -0.39 is 5.97 Å². The van der Waals surface area contributed by atoms with E-state index in [1.54, 1.807) is 27.0 Å². The van der Waals surface area contributed by atoms with Gasteiger partial charge in [-0.1, -0.05) is 18.2 Å². The van der Waals surface area contributed by atoms with Crippen molar-refractivity contribution in [2.24, 2.45) is 0 Å². The summed E-state index contributed by atoms with van der Waals surface area (Å²) in [6.07, 6.45) is -0.229. The number of methoxy groups -OCH3 is 1. The van der Waals surface area contributed by atoms with Crippen molar-refractivity contribution in [1.82, 2.24) is 10.3 Å². The lowest BCUT2D eigenvalue weighted by Gasteiger charge is -2.12. The summed E-state index contributed by atoms with van der Waals surface area (Å²) < 4.78 is 10.3. The number of amides is 1. The van der Waals surface area contributed by atoms with Gasteiger partial charge in [-0.3, -0.25) is 9.59 Å². The number of esters is 1. The number of nitrogens with zero attached hydrogens (tertiary/aromatic N) is 1. The minimum atomic E-state index is -0.475. The van der Waals surface area contributed by atoms with Gasteiger partial charge in [0.2, 0.25) is 0 Å². The molecular formula is C22H22N2O4. The van der Waals surface area contributed by atoms with Crippen molar-refractivity contribution in [3.63, 3.8) is 0 Å². The number of para-hydroxylation sites is 1. The number of fused-ring (bicyclic) bond motifs is 1. The second-order valence-electron chi connectivity index (χ2n) is 6.52. The van der Waals surface area contributed by atoms with Crippen molar-refractivity contribution in [2.75, 3.05) is 13.7 Å². The van der Waals surface area contributed by atoms with E-state index in [1.165, 1.54) is 0 Å². The quantitative estimate of drug-likeness (QED) is 0.663. The number of ether oxygens (including phenoxy) is 2. The first-order chi connectivity index (χ1) is 13.5. The first-order valence-electron chi connectivity index (χ1n) is 9.00. The summed E-state index contributed by atoms with van der Waals surface area (Å²) in [6.45, 7) is 3.33. The summed E-state index contributed by atoms with van der Waals surface area (Å²) in [7, 11) is 1.61. The Morgan fingerprint density at radius 2 is 1.79 bits per heavy atom. The van der Waals surface area contributed by atoms with Gasteiger partial charge in [0.15, 0.2) is 0 Å². The number of hydrogen-bond donors (Lipinski definition) is 1. The second kappa shape index (κ2) is 8.52. The first kappa shape index (κ1) is 19.4. The molecule has 1 heterocycles. The van der Waals surface area contributed by atoms with Gasteiger partial charge >= 0.3 is 5.97 Å². The number of rotatable bonds is 6. The lowest BCUT2D eigenvalue weighted by molar-refractivity contribution is -0.146. The Bertz CT molecular complexity index is 997. The third-order valence-corrected chi connectivity index (χ3v) is 4.11. The molecule has 2 aromatic carbocycles. The van der Waals surface area contributed by atoms with Crippen molar-refractivity contribution in [3.05, 3.63) is 60.2 Å². The average molecular weight is 378 g/mol. The molecule has 144 valence electrons. The Labute approximate surface area is 163 Å². The number of benzene rings is 2. The van der Waals surface area contributed by atoms with Crippen LogP contribution in [0.3, 0.4) is 0 Å². The summed E-state index contributed by atoms with van der Waals surface area (Å²) in [5.74, 6) is -0.0858. The van der Waals surface area contributed by atoms with Crippen molar-refractivity contribution >= 4 is 22.8 Å². The molecule has 1 amide bonds. The monoisotopic (exact) mass is 378 g/mol. The standard InChI is InChI=1S/C22H22N2O4/c1-14(2)28-21(25)13-23-22(26)18-12-20(15-8-10-16(27-3)11-9-15)24-19-7-5-4-6-17(18)19/h4-12,14H,13H2,1-3H3,(H,23,26). The number of carbonyl (C=O) groups excluding carboxylic acids is 2. The molecule has 0 fully saturated rings. The Hall–Kier alpha value is -3.41. The molecule has 6 nitrogen and oxygen atoms in total. The molecule has 3 aromatic rings. The maximum absolute atomic E-state index is 12.8. The molecule has 28 heavy (non-hydrogen) atoms. The summed E-state index contributed by atoms with van der Waals surface area (Å²) >= 11 is 0. The molecular weight excluding hydrogens is 356 g/mol. The Morgan fingerprint density at radius 3 is 2.46 bits per heavy atom. The highest BCUT2D eigenvalue weighted by Crippen LogP contribution is 2.26. The molecule has 6 heteroatoms. The van der Waals surface area contributed by atoms with Gasteiger partial charge in [-0.05, 0) is 50.2 Å². The maximum Gasteiger partial charge on any atom is 0.325 e. The van der Waals surface area contributed by atoms with Crippen LogP contribution < -0.4 is 10.1 Å². The number of carbonyl (C=O) groups is 2. The van der Waals surface area contributed by atoms with E-state index in [0.717, 1.165) is 16.7 Å². The van der Waals surface area contributed by atoms with E-state index in [2.05, 4.69) is 10.3 Å². The van der Waals surface area contributed by atoms with E-state index in [9.17, 15) is 9.59 Å². The van der Waals surface area contributed by atoms with Crippen LogP contribution >= 0.6 is 0 Å². The average Bonchev–Trinajstić information content (AvgIpc) is 2.70. The summed E-state index contributed by atoms with van der Waals surface area (Å²) in [5.41, 5.74) is 2.68. The van der Waals surface area contributed by atoms with Gasteiger partial charge in [0.05, 0.1) is 30.0 Å². The zero-order valence-corrected chi connectivity index (χ0v) is 16.1. The van der Waals surface area contributed by atoms with Crippen LogP contribution in [-0.4, -0.2) is 36.6 Å². The van der Waals surface area contributed by atoms with Crippen LogP contribution in [0.4, 0.5) is 0 Å². The fourth-order valence-corrected chi connectivity index (χ4v) is 2.83. The molecule has 0 saturated heterocycles. The lowest BCUT2D eigenvalue weighted by Crippen LogP contribution is -2.31. The second-order valence-corrected chi connectivity index (χ2v) is 6.52. The van der Waals surface area contributed by atoms with Crippen LogP contribution in [0.2, 0.25) is 0 Å². The Balaban J connectivity index is 1.93. The van der Waals surface area contributed by atoms with Crippen molar-refractivity contribution in [1.29, 1.82) is 0 Å². The van der Waals surface area contributed by atoms with Crippen molar-refractivity contribution in [3.8, 4) is 17.0 Å². The number of nitrogens with one attached hydrogen (secondary N) is 1. The van der Waals surface area contributed by atoms with Gasteiger partial charge < -0.3 is 14.8 Å². The third-order valence-electron chi connectivity index (χ3n) is 4.11. The molecule has 1 aromatic heterocycles. The highest BCUT2D eigenvalue weighted by Gasteiger charge is 2.15. The van der Waals surface area contributed by atoms with Gasteiger partial charge in [0, 0.05) is 10.9 Å². The zero-order valence-electron chi connectivity index (χ0n) is 16.1. The van der Waals surface area contributed by atoms with Crippen LogP contribution in [-0.2, 0) is 9.53 Å². The van der Waals surface area contributed by atoms with Crippen LogP contribution in [0.1, 0.15) is 24.2 Å². The van der Waals surface area contributed by atoms with E-state index >= 15 is 0 Å². The Morgan fingerprint density at radius 1 is 1.07 bits per heavy atom. The zero-order chi connectivity index (χ0) is 20.1. The molecule has 0 aliphatic heterocycles. The highest BCUT2D eigenvalue weighted by molar-refractivity contribution is 6.07. The molecule has 0 spiro atoms. The molecule has 0 bridgehead atoms. The van der Waals surface area contributed by atoms with Crippen molar-refractivity contribution < 1.29 is 19.1 Å². The fraction of sp³-hybridized carbons (Fsp3) is 0.227. The van der Waals surface area contributed by atoms with Gasteiger partial charge in [0.1, 0.15) is 12.3 Å². The van der Waals surface area contributed by atoms with Crippen LogP contribution in [0.5, 0.6) is 5.75 Å². The summed E-state index contributed by atoms with van der Waals surface area (Å²) in [4.78, 5) is 29.2. The topological polar surface area (TPSA) is 77.5 Å². The minimum absolute atomic E-state index is 0.189. The molecule has 0 atom stereocenters. The smallest absolute Gasteiger partial charge is 0.325 e. The van der Waals surface area contributed by atoms with Crippen molar-refractivity contribution in [2.45, 2.75) is 20.0 Å². The fourth-order valence-electron chi connectivity index (χ4n) is 2.83. The van der Waals surface area contributed by atoms with Gasteiger partial charge in [0.25, 0.3) is 5.91 Å². The number of pyridine rings is 1. The van der Waals surface area contributed by atoms with E-state index in [1.807, 2.05) is 48.5 Å². The lowest BCUT2D eigenvalue weighted by atomic mass is 10.0. The van der Waals surface area contributed by atoms with Crippen LogP contribution in [0, 0.1) is 0 Å². The molecule has 1 N–H and O–H groups in total. The minimum Gasteiger partial charge on any atom is -0.497 e. The largest absolute Gasteiger partial charge is 0.497 e. The van der Waals surface area contributed by atoms with E-state index in [0.29, 0.717) is 16.8 Å². The van der Waals surface area contributed by atoms with Crippen LogP contribution in [0.25, 0.3) is 22.2 Å². The predicted molar refractivity (Wildman–Crippen MR) is 107 cm³/mol. The molecule has 0 aliphatic carbocycles. The third kappa shape index (κ3) is 4.46. The van der Waals surface area contributed by atoms with Gasteiger partial charge in [-0.15, -0.1) is 0 Å².